The first-order valence-electron chi connectivity index (χ1n) is 10.1. The number of nitrogen functional groups attached to an aromatic ring is 1. The zero-order chi connectivity index (χ0) is 22.7. The first-order valence-corrected chi connectivity index (χ1v) is 12.0. The van der Waals surface area contributed by atoms with Gasteiger partial charge in [-0.3, -0.25) is 4.79 Å². The maximum atomic E-state index is 12.3. The number of anilines is 1. The summed E-state index contributed by atoms with van der Waals surface area (Å²) in [6.45, 7) is 5.14. The highest BCUT2D eigenvalue weighted by molar-refractivity contribution is 14.1. The second kappa shape index (κ2) is 9.94. The summed E-state index contributed by atoms with van der Waals surface area (Å²) in [6, 6.07) is 7.88. The van der Waals surface area contributed by atoms with Gasteiger partial charge in [-0.2, -0.15) is 0 Å². The van der Waals surface area contributed by atoms with Gasteiger partial charge in [0.15, 0.2) is 22.1 Å². The Morgan fingerprint density at radius 3 is 2.94 bits per heavy atom. The molecule has 0 spiro atoms. The average molecular weight is 566 g/mol. The summed E-state index contributed by atoms with van der Waals surface area (Å²) in [4.78, 5) is 25.2. The first kappa shape index (κ1) is 22.6. The number of imidazole rings is 1. The fourth-order valence-corrected chi connectivity index (χ4v) is 4.54. The lowest BCUT2D eigenvalue weighted by Crippen LogP contribution is -2.28. The highest BCUT2D eigenvalue weighted by atomic mass is 127. The van der Waals surface area contributed by atoms with Gasteiger partial charge in [0, 0.05) is 28.6 Å². The van der Waals surface area contributed by atoms with Crippen molar-refractivity contribution in [2.24, 2.45) is 5.92 Å². The van der Waals surface area contributed by atoms with E-state index in [9.17, 15) is 4.79 Å². The van der Waals surface area contributed by atoms with Gasteiger partial charge in [-0.15, -0.1) is 0 Å². The van der Waals surface area contributed by atoms with Gasteiger partial charge < -0.3 is 25.1 Å². The van der Waals surface area contributed by atoms with E-state index in [0.29, 0.717) is 40.4 Å². The molecule has 2 aromatic heterocycles. The Morgan fingerprint density at radius 1 is 1.34 bits per heavy atom. The lowest BCUT2D eigenvalue weighted by molar-refractivity contribution is -0.121. The largest absolute Gasteiger partial charge is 0.454 e. The van der Waals surface area contributed by atoms with Crippen molar-refractivity contribution >= 4 is 57.2 Å². The van der Waals surface area contributed by atoms with Crippen LogP contribution in [0.5, 0.6) is 0 Å². The molecule has 0 radical (unpaired) electrons. The fraction of sp³-hybridized carbons (Fsp3) is 0.333. The van der Waals surface area contributed by atoms with E-state index in [0.717, 1.165) is 9.13 Å². The molecule has 0 bridgehead atoms. The molecule has 0 fully saturated rings. The molecule has 1 aliphatic rings. The number of hydrogen-bond acceptors (Lipinski definition) is 8. The molecule has 3 heterocycles. The van der Waals surface area contributed by atoms with Gasteiger partial charge in [0.2, 0.25) is 11.0 Å². The third-order valence-corrected chi connectivity index (χ3v) is 6.53. The van der Waals surface area contributed by atoms with Gasteiger partial charge >= 0.3 is 0 Å². The molecule has 0 saturated carbocycles. The Labute approximate surface area is 203 Å². The van der Waals surface area contributed by atoms with Crippen molar-refractivity contribution < 1.29 is 14.3 Å². The highest BCUT2D eigenvalue weighted by Crippen LogP contribution is 2.39. The van der Waals surface area contributed by atoms with Gasteiger partial charge in [0.05, 0.1) is 0 Å². The van der Waals surface area contributed by atoms with Crippen molar-refractivity contribution in [2.45, 2.75) is 38.3 Å². The zero-order valence-electron chi connectivity index (χ0n) is 17.6. The zero-order valence-corrected chi connectivity index (χ0v) is 20.6. The minimum atomic E-state index is -0.518. The summed E-state index contributed by atoms with van der Waals surface area (Å²) in [5, 5.41) is 4.09. The minimum Gasteiger partial charge on any atom is -0.454 e. The van der Waals surface area contributed by atoms with Crippen LogP contribution in [-0.2, 0) is 20.8 Å². The van der Waals surface area contributed by atoms with Crippen molar-refractivity contribution in [3.05, 3.63) is 51.1 Å². The Kier molecular flexibility index (Phi) is 7.04. The standard InChI is InChI=1S/C21H23IN6O3S/c1-12(2)9-24-15(29)7-8-28-19-17(18(23)25-11-26-19)27-21(28)32-16-10-30-20(31-16)13-5-3-4-6-14(13)22/h3-6,10-12,20H,7-9H2,1-2H3,(H,24,29)(H2,23,25,26). The van der Waals surface area contributed by atoms with Crippen molar-refractivity contribution in [3.8, 4) is 0 Å². The summed E-state index contributed by atoms with van der Waals surface area (Å²) in [5.41, 5.74) is 8.03. The van der Waals surface area contributed by atoms with E-state index in [-0.39, 0.29) is 18.1 Å². The maximum Gasteiger partial charge on any atom is 0.268 e. The number of nitrogens with two attached hydrogens (primary N) is 1. The Hall–Kier alpha value is -2.54. The monoisotopic (exact) mass is 566 g/mol. The molecule has 32 heavy (non-hydrogen) atoms. The molecule has 1 amide bonds. The number of rotatable bonds is 8. The van der Waals surface area contributed by atoms with Crippen LogP contribution < -0.4 is 11.1 Å². The molecule has 168 valence electrons. The number of nitrogens with one attached hydrogen (secondary N) is 1. The van der Waals surface area contributed by atoms with E-state index >= 15 is 0 Å². The molecule has 4 rings (SSSR count). The second-order valence-corrected chi connectivity index (χ2v) is 9.71. The molecule has 1 aromatic carbocycles. The number of ether oxygens (including phenoxy) is 2. The van der Waals surface area contributed by atoms with E-state index in [1.165, 1.54) is 18.1 Å². The summed E-state index contributed by atoms with van der Waals surface area (Å²) in [7, 11) is 0. The second-order valence-electron chi connectivity index (χ2n) is 7.57. The molecule has 9 nitrogen and oxygen atoms in total. The predicted molar refractivity (Wildman–Crippen MR) is 130 cm³/mol. The van der Waals surface area contributed by atoms with Gasteiger partial charge in [0.25, 0.3) is 6.29 Å². The van der Waals surface area contributed by atoms with E-state index in [1.54, 1.807) is 6.26 Å². The molecule has 3 aromatic rings. The summed E-state index contributed by atoms with van der Waals surface area (Å²) >= 11 is 3.55. The molecule has 1 unspecified atom stereocenters. The average Bonchev–Trinajstić information content (AvgIpc) is 3.36. The molecule has 0 saturated heterocycles. The van der Waals surface area contributed by atoms with Crippen molar-refractivity contribution in [2.75, 3.05) is 12.3 Å². The van der Waals surface area contributed by atoms with Crippen LogP contribution in [-0.4, -0.2) is 32.0 Å². The van der Waals surface area contributed by atoms with Crippen LogP contribution in [0.1, 0.15) is 32.1 Å². The summed E-state index contributed by atoms with van der Waals surface area (Å²) in [5.74, 6) is 0.643. The predicted octanol–water partition coefficient (Wildman–Crippen LogP) is 3.81. The Morgan fingerprint density at radius 2 is 2.16 bits per heavy atom. The van der Waals surface area contributed by atoms with E-state index in [1.807, 2.05) is 28.8 Å². The molecular formula is C21H23IN6O3S. The van der Waals surface area contributed by atoms with Crippen molar-refractivity contribution in [3.63, 3.8) is 0 Å². The molecule has 1 atom stereocenters. The summed E-state index contributed by atoms with van der Waals surface area (Å²) in [6.07, 6.45) is 2.74. The van der Waals surface area contributed by atoms with Crippen LogP contribution in [0, 0.1) is 9.49 Å². The lowest BCUT2D eigenvalue weighted by Gasteiger charge is -2.13. The number of carbonyl (C=O) groups is 1. The van der Waals surface area contributed by atoms with Crippen LogP contribution in [0.15, 0.2) is 47.1 Å². The number of thioether (sulfide) groups is 1. The smallest absolute Gasteiger partial charge is 0.268 e. The number of amides is 1. The van der Waals surface area contributed by atoms with E-state index < -0.39 is 6.29 Å². The summed E-state index contributed by atoms with van der Waals surface area (Å²) < 4.78 is 14.6. The van der Waals surface area contributed by atoms with Crippen LogP contribution in [0.3, 0.4) is 0 Å². The Bertz CT molecular complexity index is 1170. The van der Waals surface area contributed by atoms with Gasteiger partial charge in [-0.25, -0.2) is 15.0 Å². The van der Waals surface area contributed by atoms with Crippen molar-refractivity contribution in [1.29, 1.82) is 0 Å². The topological polar surface area (TPSA) is 117 Å². The van der Waals surface area contributed by atoms with Crippen LogP contribution in [0.25, 0.3) is 11.2 Å². The number of fused-ring (bicyclic) bond motifs is 1. The number of hydrogen-bond donors (Lipinski definition) is 2. The number of aromatic nitrogens is 4. The lowest BCUT2D eigenvalue weighted by atomic mass is 10.2. The van der Waals surface area contributed by atoms with E-state index in [2.05, 4.69) is 56.7 Å². The van der Waals surface area contributed by atoms with Gasteiger partial charge in [0.1, 0.15) is 12.6 Å². The first-order chi connectivity index (χ1) is 15.4. The number of benzene rings is 1. The van der Waals surface area contributed by atoms with Crippen LogP contribution in [0.4, 0.5) is 5.82 Å². The van der Waals surface area contributed by atoms with Crippen LogP contribution >= 0.6 is 34.4 Å². The number of halogens is 1. The third-order valence-electron chi connectivity index (χ3n) is 4.66. The van der Waals surface area contributed by atoms with Gasteiger partial charge in [-0.1, -0.05) is 32.0 Å². The number of aryl methyl sites for hydroxylation is 1. The SMILES string of the molecule is CC(C)CNC(=O)CCn1c(SC2=COC(c3ccccc3I)O2)nc2c(N)ncnc21. The molecule has 11 heteroatoms. The maximum absolute atomic E-state index is 12.3. The molecular weight excluding hydrogens is 543 g/mol. The fourth-order valence-electron chi connectivity index (χ4n) is 3.05. The third kappa shape index (κ3) is 5.09. The molecule has 0 aliphatic carbocycles. The van der Waals surface area contributed by atoms with Crippen molar-refractivity contribution in [1.82, 2.24) is 24.8 Å². The number of carbonyl (C=O) groups excluding carboxylic acids is 1. The minimum absolute atomic E-state index is 0.0306. The quantitative estimate of drug-likeness (QED) is 0.396. The Balaban J connectivity index is 1.52. The highest BCUT2D eigenvalue weighted by Gasteiger charge is 2.26. The normalized spacial score (nSPS) is 15.5. The molecule has 3 N–H and O–H groups in total. The van der Waals surface area contributed by atoms with Crippen LogP contribution in [0.2, 0.25) is 0 Å². The molecule has 1 aliphatic heterocycles. The number of nitrogens with zero attached hydrogens (tertiary/aromatic N) is 4. The van der Waals surface area contributed by atoms with E-state index in [4.69, 9.17) is 15.2 Å². The van der Waals surface area contributed by atoms with Gasteiger partial charge in [-0.05, 0) is 46.3 Å².